The molecule has 0 atom stereocenters. The van der Waals surface area contributed by atoms with Crippen LogP contribution in [0.1, 0.15) is 42.1 Å². The Bertz CT molecular complexity index is 957. The Morgan fingerprint density at radius 2 is 1.79 bits per heavy atom. The van der Waals surface area contributed by atoms with Gasteiger partial charge in [0.1, 0.15) is 5.01 Å². The highest BCUT2D eigenvalue weighted by Crippen LogP contribution is 2.28. The standard InChI is InChI=1S/C20H25N5O2S/c1-26-16-9-7-15(13-17(16)27-2)8-10-19-23-25-18(21-22-20(25)28-19)14-24-11-5-3-4-6-12-24/h7-10,13H,3-6,11-12,14H2,1-2H3. The van der Waals surface area contributed by atoms with Gasteiger partial charge in [0, 0.05) is 0 Å². The van der Waals surface area contributed by atoms with Crippen molar-refractivity contribution < 1.29 is 9.47 Å². The second-order valence-electron chi connectivity index (χ2n) is 6.89. The van der Waals surface area contributed by atoms with E-state index in [2.05, 4.69) is 15.1 Å². The molecule has 0 saturated carbocycles. The Balaban J connectivity index is 1.50. The zero-order chi connectivity index (χ0) is 19.3. The fourth-order valence-corrected chi connectivity index (χ4v) is 4.22. The van der Waals surface area contributed by atoms with Crippen LogP contribution in [0.4, 0.5) is 0 Å². The average Bonchev–Trinajstić information content (AvgIpc) is 3.18. The Kier molecular flexibility index (Phi) is 5.87. The molecule has 1 aliphatic heterocycles. The molecule has 7 nitrogen and oxygen atoms in total. The minimum absolute atomic E-state index is 0.711. The number of fused-ring (bicyclic) bond motifs is 1. The third-order valence-corrected chi connectivity index (χ3v) is 5.82. The first kappa shape index (κ1) is 18.9. The molecule has 0 N–H and O–H groups in total. The van der Waals surface area contributed by atoms with Gasteiger partial charge in [-0.3, -0.25) is 4.90 Å². The summed E-state index contributed by atoms with van der Waals surface area (Å²) in [5.41, 5.74) is 1.02. The van der Waals surface area contributed by atoms with E-state index in [9.17, 15) is 0 Å². The summed E-state index contributed by atoms with van der Waals surface area (Å²) in [6.45, 7) is 3.07. The van der Waals surface area contributed by atoms with Crippen LogP contribution in [0, 0.1) is 0 Å². The molecule has 0 aliphatic carbocycles. The predicted octanol–water partition coefficient (Wildman–Crippen LogP) is 3.75. The quantitative estimate of drug-likeness (QED) is 0.629. The topological polar surface area (TPSA) is 64.8 Å². The van der Waals surface area contributed by atoms with Crippen LogP contribution in [0.15, 0.2) is 18.2 Å². The van der Waals surface area contributed by atoms with E-state index in [1.54, 1.807) is 14.2 Å². The summed E-state index contributed by atoms with van der Waals surface area (Å²) in [6, 6.07) is 5.83. The second kappa shape index (κ2) is 8.70. The van der Waals surface area contributed by atoms with E-state index < -0.39 is 0 Å². The molecule has 28 heavy (non-hydrogen) atoms. The van der Waals surface area contributed by atoms with Gasteiger partial charge in [0.15, 0.2) is 17.3 Å². The number of hydrogen-bond donors (Lipinski definition) is 0. The number of nitrogens with zero attached hydrogens (tertiary/aromatic N) is 5. The predicted molar refractivity (Wildman–Crippen MR) is 111 cm³/mol. The van der Waals surface area contributed by atoms with Gasteiger partial charge in [-0.1, -0.05) is 36.3 Å². The number of methoxy groups -OCH3 is 2. The van der Waals surface area contributed by atoms with Gasteiger partial charge in [-0.2, -0.15) is 9.61 Å². The molecule has 2 aromatic heterocycles. The molecular formula is C20H25N5O2S. The molecule has 1 aromatic carbocycles. The molecule has 0 bridgehead atoms. The molecule has 0 radical (unpaired) electrons. The van der Waals surface area contributed by atoms with Crippen LogP contribution in [-0.2, 0) is 6.54 Å². The van der Waals surface area contributed by atoms with Crippen LogP contribution in [0.3, 0.4) is 0 Å². The molecule has 4 rings (SSSR count). The number of aromatic nitrogens is 4. The minimum atomic E-state index is 0.711. The lowest BCUT2D eigenvalue weighted by molar-refractivity contribution is 0.268. The van der Waals surface area contributed by atoms with E-state index >= 15 is 0 Å². The number of ether oxygens (including phenoxy) is 2. The number of hydrogen-bond acceptors (Lipinski definition) is 7. The van der Waals surface area contributed by atoms with E-state index in [0.717, 1.165) is 46.7 Å². The maximum atomic E-state index is 5.36. The highest BCUT2D eigenvalue weighted by atomic mass is 32.1. The Morgan fingerprint density at radius 3 is 2.54 bits per heavy atom. The lowest BCUT2D eigenvalue weighted by Crippen LogP contribution is -2.25. The van der Waals surface area contributed by atoms with Crippen molar-refractivity contribution in [1.29, 1.82) is 0 Å². The first-order valence-electron chi connectivity index (χ1n) is 9.60. The fraction of sp³-hybridized carbons (Fsp3) is 0.450. The zero-order valence-electron chi connectivity index (χ0n) is 16.3. The van der Waals surface area contributed by atoms with Gasteiger partial charge in [-0.05, 0) is 49.7 Å². The summed E-state index contributed by atoms with van der Waals surface area (Å²) < 4.78 is 12.5. The summed E-state index contributed by atoms with van der Waals surface area (Å²) in [5.74, 6) is 2.35. The Hall–Kier alpha value is -2.45. The summed E-state index contributed by atoms with van der Waals surface area (Å²) in [7, 11) is 3.27. The van der Waals surface area contributed by atoms with Gasteiger partial charge >= 0.3 is 0 Å². The summed E-state index contributed by atoms with van der Waals surface area (Å²) in [4.78, 5) is 3.29. The van der Waals surface area contributed by atoms with Gasteiger partial charge in [0.2, 0.25) is 4.96 Å². The molecule has 0 spiro atoms. The van der Waals surface area contributed by atoms with Crippen molar-refractivity contribution in [1.82, 2.24) is 24.7 Å². The van der Waals surface area contributed by atoms with Gasteiger partial charge in [0.25, 0.3) is 0 Å². The second-order valence-corrected chi connectivity index (χ2v) is 7.88. The highest BCUT2D eigenvalue weighted by Gasteiger charge is 2.15. The maximum Gasteiger partial charge on any atom is 0.235 e. The zero-order valence-corrected chi connectivity index (χ0v) is 17.1. The van der Waals surface area contributed by atoms with Crippen LogP contribution in [-0.4, -0.2) is 52.0 Å². The monoisotopic (exact) mass is 399 g/mol. The van der Waals surface area contributed by atoms with E-state index in [1.807, 2.05) is 34.9 Å². The van der Waals surface area contributed by atoms with Crippen LogP contribution in [0.5, 0.6) is 11.5 Å². The summed E-state index contributed by atoms with van der Waals surface area (Å²) >= 11 is 1.54. The average molecular weight is 400 g/mol. The van der Waals surface area contributed by atoms with Crippen molar-refractivity contribution >= 4 is 28.4 Å². The third kappa shape index (κ3) is 4.18. The van der Waals surface area contributed by atoms with Crippen molar-refractivity contribution in [2.75, 3.05) is 27.3 Å². The molecule has 1 fully saturated rings. The van der Waals surface area contributed by atoms with Crippen molar-refractivity contribution in [3.8, 4) is 11.5 Å². The first-order chi connectivity index (χ1) is 13.8. The number of rotatable bonds is 6. The largest absolute Gasteiger partial charge is 0.493 e. The summed E-state index contributed by atoms with van der Waals surface area (Å²) in [5, 5.41) is 14.2. The molecule has 0 unspecified atom stereocenters. The van der Waals surface area contributed by atoms with Crippen molar-refractivity contribution in [3.63, 3.8) is 0 Å². The lowest BCUT2D eigenvalue weighted by atomic mass is 10.2. The van der Waals surface area contributed by atoms with Gasteiger partial charge in [0.05, 0.1) is 20.8 Å². The van der Waals surface area contributed by atoms with Gasteiger partial charge < -0.3 is 9.47 Å². The molecule has 8 heteroatoms. The van der Waals surface area contributed by atoms with E-state index in [-0.39, 0.29) is 0 Å². The fourth-order valence-electron chi connectivity index (χ4n) is 3.46. The Morgan fingerprint density at radius 1 is 1.00 bits per heavy atom. The highest BCUT2D eigenvalue weighted by molar-refractivity contribution is 7.17. The van der Waals surface area contributed by atoms with Crippen LogP contribution >= 0.6 is 11.3 Å². The smallest absolute Gasteiger partial charge is 0.235 e. The molecular weight excluding hydrogens is 374 g/mol. The molecule has 3 aromatic rings. The lowest BCUT2D eigenvalue weighted by Gasteiger charge is -2.17. The van der Waals surface area contributed by atoms with Crippen LogP contribution in [0.25, 0.3) is 17.1 Å². The normalized spacial score (nSPS) is 15.9. The van der Waals surface area contributed by atoms with Crippen molar-refractivity contribution in [3.05, 3.63) is 34.6 Å². The number of likely N-dealkylation sites (tertiary alicyclic amines) is 1. The van der Waals surface area contributed by atoms with E-state index in [4.69, 9.17) is 14.6 Å². The molecule has 3 heterocycles. The molecule has 1 aliphatic rings. The van der Waals surface area contributed by atoms with Gasteiger partial charge in [-0.25, -0.2) is 0 Å². The van der Waals surface area contributed by atoms with Crippen molar-refractivity contribution in [2.24, 2.45) is 0 Å². The molecule has 1 saturated heterocycles. The summed E-state index contributed by atoms with van der Waals surface area (Å²) in [6.07, 6.45) is 9.19. The van der Waals surface area contributed by atoms with Crippen LogP contribution in [0.2, 0.25) is 0 Å². The third-order valence-electron chi connectivity index (χ3n) is 4.96. The Labute approximate surface area is 168 Å². The minimum Gasteiger partial charge on any atom is -0.493 e. The van der Waals surface area contributed by atoms with E-state index in [1.165, 1.54) is 37.0 Å². The first-order valence-corrected chi connectivity index (χ1v) is 10.4. The van der Waals surface area contributed by atoms with Crippen LogP contribution < -0.4 is 9.47 Å². The maximum absolute atomic E-state index is 5.36. The molecule has 148 valence electrons. The van der Waals surface area contributed by atoms with Gasteiger partial charge in [-0.15, -0.1) is 10.2 Å². The molecule has 0 amide bonds. The SMILES string of the molecule is COc1ccc(C=Cc2nn3c(CN4CCCCCC4)nnc3s2)cc1OC. The number of benzene rings is 1. The van der Waals surface area contributed by atoms with Crippen molar-refractivity contribution in [2.45, 2.75) is 32.2 Å². The van der Waals surface area contributed by atoms with E-state index in [0.29, 0.717) is 5.75 Å².